The minimum Gasteiger partial charge on any atom is -0.406 e. The van der Waals surface area contributed by atoms with Crippen molar-refractivity contribution in [1.29, 1.82) is 5.26 Å². The molecule has 0 aromatic heterocycles. The maximum atomic E-state index is 12.0. The van der Waals surface area contributed by atoms with Crippen LogP contribution in [0, 0.1) is 11.3 Å². The molecule has 1 rings (SSSR count). The number of ether oxygens (including phenoxy) is 1. The largest absolute Gasteiger partial charge is 0.573 e. The molecule has 0 bridgehead atoms. The zero-order valence-corrected chi connectivity index (χ0v) is 10.6. The van der Waals surface area contributed by atoms with Gasteiger partial charge < -0.3 is 4.74 Å². The lowest BCUT2D eigenvalue weighted by atomic mass is 10.2. The second-order valence-electron chi connectivity index (χ2n) is 3.97. The number of rotatable bonds is 6. The highest BCUT2D eigenvalue weighted by molar-refractivity contribution is 5.27. The highest BCUT2D eigenvalue weighted by Crippen LogP contribution is 2.23. The lowest BCUT2D eigenvalue weighted by Crippen LogP contribution is -2.23. The van der Waals surface area contributed by atoms with E-state index in [1.54, 1.807) is 12.1 Å². The van der Waals surface area contributed by atoms with Crippen molar-refractivity contribution in [2.45, 2.75) is 26.3 Å². The van der Waals surface area contributed by atoms with E-state index in [1.165, 1.54) is 12.1 Å². The maximum absolute atomic E-state index is 12.0. The lowest BCUT2D eigenvalue weighted by molar-refractivity contribution is -0.274. The van der Waals surface area contributed by atoms with Gasteiger partial charge in [0.2, 0.25) is 0 Å². The van der Waals surface area contributed by atoms with Crippen LogP contribution < -0.4 is 4.74 Å². The summed E-state index contributed by atoms with van der Waals surface area (Å²) in [7, 11) is 0. The molecule has 1 aromatic carbocycles. The first-order valence-corrected chi connectivity index (χ1v) is 5.88. The number of hydrogen-bond acceptors (Lipinski definition) is 3. The second kappa shape index (κ2) is 7.00. The Bertz CT molecular complexity index is 423. The zero-order chi connectivity index (χ0) is 14.3. The summed E-state index contributed by atoms with van der Waals surface area (Å²) in [4.78, 5) is 2.04. The van der Waals surface area contributed by atoms with Crippen LogP contribution >= 0.6 is 0 Å². The van der Waals surface area contributed by atoms with E-state index in [9.17, 15) is 13.2 Å². The first-order valence-electron chi connectivity index (χ1n) is 5.88. The van der Waals surface area contributed by atoms with Crippen molar-refractivity contribution in [3.05, 3.63) is 29.8 Å². The Morgan fingerprint density at radius 1 is 1.26 bits per heavy atom. The van der Waals surface area contributed by atoms with Gasteiger partial charge in [0, 0.05) is 19.5 Å². The molecule has 0 aliphatic heterocycles. The average molecular weight is 272 g/mol. The predicted molar refractivity (Wildman–Crippen MR) is 64.3 cm³/mol. The van der Waals surface area contributed by atoms with Crippen molar-refractivity contribution in [3.63, 3.8) is 0 Å². The van der Waals surface area contributed by atoms with Gasteiger partial charge in [0.25, 0.3) is 0 Å². The van der Waals surface area contributed by atoms with E-state index in [1.807, 2.05) is 11.8 Å². The standard InChI is InChI=1S/C13H15F3N2O/c1-2-18(9-3-8-17)10-11-4-6-12(7-5-11)19-13(14,15)16/h4-7H,2-3,9-10H2,1H3. The van der Waals surface area contributed by atoms with Gasteiger partial charge in [-0.2, -0.15) is 5.26 Å². The van der Waals surface area contributed by atoms with Crippen LogP contribution in [-0.4, -0.2) is 24.4 Å². The van der Waals surface area contributed by atoms with Crippen molar-refractivity contribution in [2.75, 3.05) is 13.1 Å². The summed E-state index contributed by atoms with van der Waals surface area (Å²) < 4.78 is 39.8. The first kappa shape index (κ1) is 15.3. The van der Waals surface area contributed by atoms with Crippen LogP contribution in [0.4, 0.5) is 13.2 Å². The molecule has 0 atom stereocenters. The van der Waals surface area contributed by atoms with Crippen LogP contribution in [0.25, 0.3) is 0 Å². The SMILES string of the molecule is CCN(CCC#N)Cc1ccc(OC(F)(F)F)cc1. The summed E-state index contributed by atoms with van der Waals surface area (Å²) >= 11 is 0. The van der Waals surface area contributed by atoms with Gasteiger partial charge in [0.15, 0.2) is 0 Å². The summed E-state index contributed by atoms with van der Waals surface area (Å²) in [6.45, 7) is 4.00. The average Bonchev–Trinajstić information content (AvgIpc) is 2.34. The Balaban J connectivity index is 2.58. The quantitative estimate of drug-likeness (QED) is 0.797. The monoisotopic (exact) mass is 272 g/mol. The predicted octanol–water partition coefficient (Wildman–Crippen LogP) is 3.32. The molecule has 0 saturated carbocycles. The summed E-state index contributed by atoms with van der Waals surface area (Å²) in [6, 6.07) is 7.84. The molecule has 1 aromatic rings. The molecule has 19 heavy (non-hydrogen) atoms. The van der Waals surface area contributed by atoms with Crippen LogP contribution in [0.2, 0.25) is 0 Å². The van der Waals surface area contributed by atoms with Crippen molar-refractivity contribution in [2.24, 2.45) is 0 Å². The fraction of sp³-hybridized carbons (Fsp3) is 0.462. The molecule has 0 spiro atoms. The van der Waals surface area contributed by atoms with Gasteiger partial charge in [-0.25, -0.2) is 0 Å². The van der Waals surface area contributed by atoms with E-state index in [-0.39, 0.29) is 5.75 Å². The zero-order valence-electron chi connectivity index (χ0n) is 10.6. The molecule has 0 amide bonds. The minimum atomic E-state index is -4.66. The molecule has 0 saturated heterocycles. The summed E-state index contributed by atoms with van der Waals surface area (Å²) in [5.74, 6) is -0.226. The summed E-state index contributed by atoms with van der Waals surface area (Å²) in [5.41, 5.74) is 0.884. The molecule has 0 heterocycles. The van der Waals surface area contributed by atoms with Crippen molar-refractivity contribution in [3.8, 4) is 11.8 Å². The van der Waals surface area contributed by atoms with Crippen molar-refractivity contribution >= 4 is 0 Å². The summed E-state index contributed by atoms with van der Waals surface area (Å²) in [5, 5.41) is 8.52. The highest BCUT2D eigenvalue weighted by Gasteiger charge is 2.30. The van der Waals surface area contributed by atoms with Gasteiger partial charge in [-0.1, -0.05) is 19.1 Å². The Hall–Kier alpha value is -1.74. The van der Waals surface area contributed by atoms with Gasteiger partial charge in [-0.15, -0.1) is 13.2 Å². The number of nitrogens with zero attached hydrogens (tertiary/aromatic N) is 2. The number of hydrogen-bond donors (Lipinski definition) is 0. The van der Waals surface area contributed by atoms with E-state index >= 15 is 0 Å². The van der Waals surface area contributed by atoms with E-state index in [0.29, 0.717) is 19.5 Å². The third kappa shape index (κ3) is 6.11. The maximum Gasteiger partial charge on any atom is 0.573 e. The molecule has 0 radical (unpaired) electrons. The topological polar surface area (TPSA) is 36.3 Å². The third-order valence-corrected chi connectivity index (χ3v) is 2.55. The number of alkyl halides is 3. The Morgan fingerprint density at radius 3 is 2.37 bits per heavy atom. The van der Waals surface area contributed by atoms with Crippen LogP contribution in [-0.2, 0) is 6.54 Å². The fourth-order valence-corrected chi connectivity index (χ4v) is 1.61. The van der Waals surface area contributed by atoms with Gasteiger partial charge in [0.05, 0.1) is 6.07 Å². The molecule has 0 unspecified atom stereocenters. The van der Waals surface area contributed by atoms with Gasteiger partial charge in [-0.3, -0.25) is 4.90 Å². The smallest absolute Gasteiger partial charge is 0.406 e. The molecule has 3 nitrogen and oxygen atoms in total. The number of benzene rings is 1. The third-order valence-electron chi connectivity index (χ3n) is 2.55. The molecule has 0 aliphatic carbocycles. The molecular formula is C13H15F3N2O. The van der Waals surface area contributed by atoms with Crippen LogP contribution in [0.1, 0.15) is 18.9 Å². The van der Waals surface area contributed by atoms with E-state index in [2.05, 4.69) is 10.8 Å². The first-order chi connectivity index (χ1) is 8.94. The minimum absolute atomic E-state index is 0.226. The van der Waals surface area contributed by atoms with Crippen molar-refractivity contribution < 1.29 is 17.9 Å². The molecular weight excluding hydrogens is 257 g/mol. The second-order valence-corrected chi connectivity index (χ2v) is 3.97. The van der Waals surface area contributed by atoms with Gasteiger partial charge in [-0.05, 0) is 24.2 Å². The Morgan fingerprint density at radius 2 is 1.89 bits per heavy atom. The normalized spacial score (nSPS) is 11.4. The Kier molecular flexibility index (Phi) is 5.64. The van der Waals surface area contributed by atoms with Crippen LogP contribution in [0.3, 0.4) is 0 Å². The van der Waals surface area contributed by atoms with E-state index < -0.39 is 6.36 Å². The molecule has 0 aliphatic rings. The highest BCUT2D eigenvalue weighted by atomic mass is 19.4. The number of halogens is 3. The molecule has 6 heteroatoms. The van der Waals surface area contributed by atoms with Crippen LogP contribution in [0.5, 0.6) is 5.75 Å². The van der Waals surface area contributed by atoms with Crippen molar-refractivity contribution in [1.82, 2.24) is 4.90 Å². The van der Waals surface area contributed by atoms with Gasteiger partial charge in [0.1, 0.15) is 5.75 Å². The fourth-order valence-electron chi connectivity index (χ4n) is 1.61. The molecule has 0 N–H and O–H groups in total. The van der Waals surface area contributed by atoms with E-state index in [4.69, 9.17) is 5.26 Å². The Labute approximate surface area is 110 Å². The van der Waals surface area contributed by atoms with Crippen LogP contribution in [0.15, 0.2) is 24.3 Å². The molecule has 104 valence electrons. The molecule has 0 fully saturated rings. The summed E-state index contributed by atoms with van der Waals surface area (Å²) in [6.07, 6.45) is -4.23. The lowest BCUT2D eigenvalue weighted by Gasteiger charge is -2.19. The van der Waals surface area contributed by atoms with E-state index in [0.717, 1.165) is 12.1 Å². The number of nitriles is 1. The van der Waals surface area contributed by atoms with Gasteiger partial charge >= 0.3 is 6.36 Å².